The van der Waals surface area contributed by atoms with Crippen LogP contribution in [0, 0.1) is 11.3 Å². The predicted molar refractivity (Wildman–Crippen MR) is 83.4 cm³/mol. The normalized spacial score (nSPS) is 23.8. The third-order valence-corrected chi connectivity index (χ3v) is 4.48. The largest absolute Gasteiger partial charge is 0.381 e. The van der Waals surface area contributed by atoms with E-state index in [9.17, 15) is 5.26 Å². The summed E-state index contributed by atoms with van der Waals surface area (Å²) >= 11 is 0. The van der Waals surface area contributed by atoms with E-state index in [-0.39, 0.29) is 0 Å². The van der Waals surface area contributed by atoms with Gasteiger partial charge in [-0.3, -0.25) is 0 Å². The quantitative estimate of drug-likeness (QED) is 0.925. The molecule has 2 aliphatic heterocycles. The summed E-state index contributed by atoms with van der Waals surface area (Å²) in [6.45, 7) is 3.80. The van der Waals surface area contributed by atoms with Crippen molar-refractivity contribution in [2.75, 3.05) is 31.2 Å². The van der Waals surface area contributed by atoms with E-state index in [0.29, 0.717) is 12.1 Å². The lowest BCUT2D eigenvalue weighted by Crippen LogP contribution is -2.50. The summed E-state index contributed by atoms with van der Waals surface area (Å²) in [5.41, 5.74) is 1.86. The monoisotopic (exact) mass is 285 g/mol. The van der Waals surface area contributed by atoms with Crippen LogP contribution in [0.4, 0.5) is 5.69 Å². The Bertz CT molecular complexity index is 505. The molecule has 1 N–H and O–H groups in total. The van der Waals surface area contributed by atoms with Gasteiger partial charge in [-0.2, -0.15) is 5.26 Å². The standard InChI is InChI=1S/C17H23N3O/c18-12-14-4-1-2-6-17(14)20-9-3-5-16(13-20)19-15-7-10-21-11-8-15/h1-2,4,6,15-16,19H,3,5,7-11,13H2/t16-/m0/s1. The molecule has 0 unspecified atom stereocenters. The van der Waals surface area contributed by atoms with Crippen molar-refractivity contribution in [1.29, 1.82) is 5.26 Å². The Balaban J connectivity index is 1.64. The maximum absolute atomic E-state index is 9.27. The number of nitrogens with zero attached hydrogens (tertiary/aromatic N) is 2. The Hall–Kier alpha value is -1.57. The molecule has 2 aliphatic rings. The number of nitrogens with one attached hydrogen (secondary N) is 1. The van der Waals surface area contributed by atoms with Crippen LogP contribution in [0.25, 0.3) is 0 Å². The zero-order valence-corrected chi connectivity index (χ0v) is 12.4. The Morgan fingerprint density at radius 1 is 1.14 bits per heavy atom. The molecule has 0 aromatic heterocycles. The molecule has 0 bridgehead atoms. The average Bonchev–Trinajstić information content (AvgIpc) is 2.56. The fourth-order valence-electron chi connectivity index (χ4n) is 3.37. The maximum Gasteiger partial charge on any atom is 0.101 e. The zero-order chi connectivity index (χ0) is 14.5. The number of rotatable bonds is 3. The molecule has 0 amide bonds. The second-order valence-electron chi connectivity index (χ2n) is 5.97. The third kappa shape index (κ3) is 3.55. The number of benzene rings is 1. The molecule has 0 spiro atoms. The van der Waals surface area contributed by atoms with Crippen LogP contribution in [0.1, 0.15) is 31.2 Å². The lowest BCUT2D eigenvalue weighted by atomic mass is 10.0. The minimum atomic E-state index is 0.522. The molecule has 2 heterocycles. The van der Waals surface area contributed by atoms with E-state index in [1.54, 1.807) is 0 Å². The zero-order valence-electron chi connectivity index (χ0n) is 12.4. The molecule has 21 heavy (non-hydrogen) atoms. The smallest absolute Gasteiger partial charge is 0.101 e. The van der Waals surface area contributed by atoms with E-state index < -0.39 is 0 Å². The van der Waals surface area contributed by atoms with Gasteiger partial charge in [-0.25, -0.2) is 0 Å². The fraction of sp³-hybridized carbons (Fsp3) is 0.588. The molecule has 0 aliphatic carbocycles. The summed E-state index contributed by atoms with van der Waals surface area (Å²) in [4.78, 5) is 2.36. The molecule has 0 saturated carbocycles. The first-order valence-corrected chi connectivity index (χ1v) is 7.94. The number of hydrogen-bond acceptors (Lipinski definition) is 4. The summed E-state index contributed by atoms with van der Waals surface area (Å²) < 4.78 is 5.42. The van der Waals surface area contributed by atoms with Crippen molar-refractivity contribution in [3.8, 4) is 6.07 Å². The maximum atomic E-state index is 9.27. The van der Waals surface area contributed by atoms with Crippen LogP contribution in [0.15, 0.2) is 24.3 Å². The van der Waals surface area contributed by atoms with Gasteiger partial charge < -0.3 is 15.0 Å². The molecule has 1 aromatic carbocycles. The van der Waals surface area contributed by atoms with Crippen LogP contribution in [-0.2, 0) is 4.74 Å². The molecule has 4 nitrogen and oxygen atoms in total. The number of anilines is 1. The van der Waals surface area contributed by atoms with Gasteiger partial charge in [0, 0.05) is 38.4 Å². The Kier molecular flexibility index (Phi) is 4.74. The van der Waals surface area contributed by atoms with Gasteiger partial charge in [-0.15, -0.1) is 0 Å². The van der Waals surface area contributed by atoms with E-state index in [4.69, 9.17) is 4.74 Å². The van der Waals surface area contributed by atoms with E-state index in [0.717, 1.165) is 50.4 Å². The second-order valence-corrected chi connectivity index (χ2v) is 5.97. The highest BCUT2D eigenvalue weighted by molar-refractivity contribution is 5.59. The van der Waals surface area contributed by atoms with E-state index in [1.165, 1.54) is 12.8 Å². The van der Waals surface area contributed by atoms with Gasteiger partial charge in [0.2, 0.25) is 0 Å². The van der Waals surface area contributed by atoms with Gasteiger partial charge in [-0.1, -0.05) is 12.1 Å². The number of nitriles is 1. The molecule has 2 fully saturated rings. The number of hydrogen-bond donors (Lipinski definition) is 1. The van der Waals surface area contributed by atoms with Gasteiger partial charge in [0.1, 0.15) is 6.07 Å². The predicted octanol–water partition coefficient (Wildman–Crippen LogP) is 2.30. The highest BCUT2D eigenvalue weighted by atomic mass is 16.5. The molecular formula is C17H23N3O. The summed E-state index contributed by atoms with van der Waals surface area (Å²) in [6.07, 6.45) is 4.64. The van der Waals surface area contributed by atoms with E-state index in [2.05, 4.69) is 22.4 Å². The first-order valence-electron chi connectivity index (χ1n) is 7.94. The van der Waals surface area contributed by atoms with E-state index >= 15 is 0 Å². The van der Waals surface area contributed by atoms with Gasteiger partial charge in [0.05, 0.1) is 11.3 Å². The van der Waals surface area contributed by atoms with Gasteiger partial charge >= 0.3 is 0 Å². The summed E-state index contributed by atoms with van der Waals surface area (Å²) in [5, 5.41) is 13.1. The van der Waals surface area contributed by atoms with Crippen molar-refractivity contribution in [1.82, 2.24) is 5.32 Å². The summed E-state index contributed by atoms with van der Waals surface area (Å²) in [5.74, 6) is 0. The number of para-hydroxylation sites is 1. The van der Waals surface area contributed by atoms with Gasteiger partial charge in [0.15, 0.2) is 0 Å². The lowest BCUT2D eigenvalue weighted by molar-refractivity contribution is 0.0742. The molecule has 4 heteroatoms. The van der Waals surface area contributed by atoms with Gasteiger partial charge in [-0.05, 0) is 37.8 Å². The SMILES string of the molecule is N#Cc1ccccc1N1CCC[C@H](NC2CCOCC2)C1. The second kappa shape index (κ2) is 6.93. The van der Waals surface area contributed by atoms with Crippen LogP contribution in [0.5, 0.6) is 0 Å². The Morgan fingerprint density at radius 2 is 1.95 bits per heavy atom. The molecule has 1 aromatic rings. The minimum absolute atomic E-state index is 0.522. The molecule has 1 atom stereocenters. The first kappa shape index (κ1) is 14.4. The van der Waals surface area contributed by atoms with Crippen molar-refractivity contribution >= 4 is 5.69 Å². The van der Waals surface area contributed by atoms with Crippen LogP contribution < -0.4 is 10.2 Å². The van der Waals surface area contributed by atoms with Crippen molar-refractivity contribution in [3.05, 3.63) is 29.8 Å². The third-order valence-electron chi connectivity index (χ3n) is 4.48. The molecule has 2 saturated heterocycles. The van der Waals surface area contributed by atoms with Crippen LogP contribution in [-0.4, -0.2) is 38.4 Å². The minimum Gasteiger partial charge on any atom is -0.381 e. The average molecular weight is 285 g/mol. The fourth-order valence-corrected chi connectivity index (χ4v) is 3.37. The van der Waals surface area contributed by atoms with Gasteiger partial charge in [0.25, 0.3) is 0 Å². The van der Waals surface area contributed by atoms with Crippen molar-refractivity contribution in [3.63, 3.8) is 0 Å². The molecular weight excluding hydrogens is 262 g/mol. The molecule has 3 rings (SSSR count). The van der Waals surface area contributed by atoms with E-state index in [1.807, 2.05) is 18.2 Å². The van der Waals surface area contributed by atoms with Crippen molar-refractivity contribution in [2.45, 2.75) is 37.8 Å². The topological polar surface area (TPSA) is 48.3 Å². The molecule has 0 radical (unpaired) electrons. The number of ether oxygens (including phenoxy) is 1. The lowest BCUT2D eigenvalue weighted by Gasteiger charge is -2.37. The Labute approximate surface area is 126 Å². The Morgan fingerprint density at radius 3 is 2.76 bits per heavy atom. The highest BCUT2D eigenvalue weighted by Crippen LogP contribution is 2.24. The van der Waals surface area contributed by atoms with Crippen LogP contribution >= 0.6 is 0 Å². The van der Waals surface area contributed by atoms with Crippen molar-refractivity contribution in [2.24, 2.45) is 0 Å². The summed E-state index contributed by atoms with van der Waals surface area (Å²) in [7, 11) is 0. The van der Waals surface area contributed by atoms with Crippen LogP contribution in [0.3, 0.4) is 0 Å². The number of piperidine rings is 1. The van der Waals surface area contributed by atoms with Crippen LogP contribution in [0.2, 0.25) is 0 Å². The summed E-state index contributed by atoms with van der Waals surface area (Å²) in [6, 6.07) is 11.4. The highest BCUT2D eigenvalue weighted by Gasteiger charge is 2.24. The molecule has 112 valence electrons. The van der Waals surface area contributed by atoms with Crippen molar-refractivity contribution < 1.29 is 4.74 Å². The first-order chi connectivity index (χ1) is 10.4.